The number of likely N-dealkylation sites (N-methyl/N-ethyl adjacent to an activating group) is 1. The van der Waals surface area contributed by atoms with Crippen LogP contribution in [0, 0.1) is 0 Å². The number of carbonyl (C=O) groups is 1. The average Bonchev–Trinajstić information content (AvgIpc) is 2.54. The van der Waals surface area contributed by atoms with E-state index in [-0.39, 0.29) is 6.03 Å². The lowest BCUT2D eigenvalue weighted by molar-refractivity contribution is 0.151. The van der Waals surface area contributed by atoms with Gasteiger partial charge in [-0.1, -0.05) is 6.92 Å². The van der Waals surface area contributed by atoms with Crippen molar-refractivity contribution in [2.24, 2.45) is 0 Å². The summed E-state index contributed by atoms with van der Waals surface area (Å²) in [5.41, 5.74) is 0.675. The van der Waals surface area contributed by atoms with Crippen LogP contribution in [0.25, 0.3) is 0 Å². The molecule has 21 heavy (non-hydrogen) atoms. The van der Waals surface area contributed by atoms with Crippen molar-refractivity contribution in [2.75, 3.05) is 52.3 Å². The molecule has 1 saturated heterocycles. The second-order valence-electron chi connectivity index (χ2n) is 4.95. The van der Waals surface area contributed by atoms with E-state index in [2.05, 4.69) is 17.1 Å². The number of rotatable bonds is 4. The minimum atomic E-state index is -0.0824. The number of piperazine rings is 1. The molecule has 0 saturated carbocycles. The lowest BCUT2D eigenvalue weighted by Crippen LogP contribution is -2.49. The third-order valence-corrected chi connectivity index (χ3v) is 3.71. The number of amides is 2. The molecule has 0 bridgehead atoms. The molecular formula is C15H23N3O3. The van der Waals surface area contributed by atoms with Gasteiger partial charge in [0.1, 0.15) is 11.5 Å². The van der Waals surface area contributed by atoms with Gasteiger partial charge in [-0.3, -0.25) is 0 Å². The zero-order chi connectivity index (χ0) is 15.2. The molecule has 1 fully saturated rings. The maximum Gasteiger partial charge on any atom is 0.321 e. The van der Waals surface area contributed by atoms with Crippen LogP contribution in [0.15, 0.2) is 18.2 Å². The Morgan fingerprint density at radius 2 is 1.67 bits per heavy atom. The van der Waals surface area contributed by atoms with Crippen LogP contribution in [0.1, 0.15) is 6.92 Å². The lowest BCUT2D eigenvalue weighted by atomic mass is 10.2. The molecular weight excluding hydrogens is 270 g/mol. The highest BCUT2D eigenvalue weighted by Gasteiger charge is 2.20. The standard InChI is InChI=1S/C15H23N3O3/c1-4-17-5-7-18(8-6-17)15(19)16-12-9-13(20-2)11-14(10-12)21-3/h9-11H,4-8H2,1-3H3,(H,16,19). The van der Waals surface area contributed by atoms with Crippen molar-refractivity contribution in [3.63, 3.8) is 0 Å². The molecule has 1 heterocycles. The summed E-state index contributed by atoms with van der Waals surface area (Å²) >= 11 is 0. The van der Waals surface area contributed by atoms with Gasteiger partial charge in [0.05, 0.1) is 14.2 Å². The van der Waals surface area contributed by atoms with E-state index in [4.69, 9.17) is 9.47 Å². The average molecular weight is 293 g/mol. The Morgan fingerprint density at radius 1 is 1.10 bits per heavy atom. The number of anilines is 1. The van der Waals surface area contributed by atoms with Crippen molar-refractivity contribution in [1.82, 2.24) is 9.80 Å². The second kappa shape index (κ2) is 7.17. The van der Waals surface area contributed by atoms with E-state index in [1.54, 1.807) is 32.4 Å². The molecule has 0 atom stereocenters. The Bertz CT molecular complexity index is 463. The molecule has 0 aromatic heterocycles. The largest absolute Gasteiger partial charge is 0.497 e. The number of ether oxygens (including phenoxy) is 2. The summed E-state index contributed by atoms with van der Waals surface area (Å²) in [6.07, 6.45) is 0. The van der Waals surface area contributed by atoms with Crippen LogP contribution in [0.4, 0.5) is 10.5 Å². The fraction of sp³-hybridized carbons (Fsp3) is 0.533. The van der Waals surface area contributed by atoms with E-state index in [1.807, 2.05) is 4.90 Å². The monoisotopic (exact) mass is 293 g/mol. The molecule has 0 radical (unpaired) electrons. The van der Waals surface area contributed by atoms with E-state index < -0.39 is 0 Å². The van der Waals surface area contributed by atoms with E-state index in [9.17, 15) is 4.79 Å². The minimum absolute atomic E-state index is 0.0824. The number of nitrogens with zero attached hydrogens (tertiary/aromatic N) is 2. The topological polar surface area (TPSA) is 54.0 Å². The molecule has 116 valence electrons. The number of urea groups is 1. The lowest BCUT2D eigenvalue weighted by Gasteiger charge is -2.34. The fourth-order valence-corrected chi connectivity index (χ4v) is 2.35. The maximum atomic E-state index is 12.3. The number of carbonyl (C=O) groups excluding carboxylic acids is 1. The molecule has 6 nitrogen and oxygen atoms in total. The normalized spacial score (nSPS) is 15.7. The number of hydrogen-bond acceptors (Lipinski definition) is 4. The van der Waals surface area contributed by atoms with Gasteiger partial charge in [0.25, 0.3) is 0 Å². The molecule has 2 amide bonds. The van der Waals surface area contributed by atoms with Gasteiger partial charge in [0.15, 0.2) is 0 Å². The van der Waals surface area contributed by atoms with Gasteiger partial charge < -0.3 is 24.6 Å². The van der Waals surface area contributed by atoms with Gasteiger partial charge >= 0.3 is 6.03 Å². The van der Waals surface area contributed by atoms with Crippen LogP contribution < -0.4 is 14.8 Å². The van der Waals surface area contributed by atoms with Crippen molar-refractivity contribution in [2.45, 2.75) is 6.92 Å². The molecule has 1 aromatic rings. The minimum Gasteiger partial charge on any atom is -0.497 e. The highest BCUT2D eigenvalue weighted by Crippen LogP contribution is 2.26. The fourth-order valence-electron chi connectivity index (χ4n) is 2.35. The van der Waals surface area contributed by atoms with Gasteiger partial charge in [0, 0.05) is 50.1 Å². The second-order valence-corrected chi connectivity index (χ2v) is 4.95. The Labute approximate surface area is 125 Å². The maximum absolute atomic E-state index is 12.3. The zero-order valence-corrected chi connectivity index (χ0v) is 12.9. The smallest absolute Gasteiger partial charge is 0.321 e. The van der Waals surface area contributed by atoms with Crippen molar-refractivity contribution >= 4 is 11.7 Å². The molecule has 1 aliphatic rings. The molecule has 1 N–H and O–H groups in total. The van der Waals surface area contributed by atoms with Crippen LogP contribution >= 0.6 is 0 Å². The molecule has 1 aromatic carbocycles. The first-order valence-electron chi connectivity index (χ1n) is 7.17. The summed E-state index contributed by atoms with van der Waals surface area (Å²) in [4.78, 5) is 16.4. The quantitative estimate of drug-likeness (QED) is 0.921. The summed E-state index contributed by atoms with van der Waals surface area (Å²) in [6.45, 7) is 6.51. The molecule has 0 spiro atoms. The highest BCUT2D eigenvalue weighted by molar-refractivity contribution is 5.90. The first-order valence-corrected chi connectivity index (χ1v) is 7.17. The van der Waals surface area contributed by atoms with E-state index in [0.29, 0.717) is 17.2 Å². The predicted octanol–water partition coefficient (Wildman–Crippen LogP) is 1.87. The summed E-state index contributed by atoms with van der Waals surface area (Å²) in [5.74, 6) is 1.31. The van der Waals surface area contributed by atoms with Crippen molar-refractivity contribution in [3.05, 3.63) is 18.2 Å². The van der Waals surface area contributed by atoms with Crippen molar-refractivity contribution in [3.8, 4) is 11.5 Å². The summed E-state index contributed by atoms with van der Waals surface area (Å²) in [5, 5.41) is 2.90. The van der Waals surface area contributed by atoms with E-state index >= 15 is 0 Å². The highest BCUT2D eigenvalue weighted by atomic mass is 16.5. The van der Waals surface area contributed by atoms with E-state index in [0.717, 1.165) is 32.7 Å². The Morgan fingerprint density at radius 3 is 2.14 bits per heavy atom. The zero-order valence-electron chi connectivity index (χ0n) is 12.9. The Hall–Kier alpha value is -1.95. The van der Waals surface area contributed by atoms with Gasteiger partial charge in [-0.25, -0.2) is 4.79 Å². The van der Waals surface area contributed by atoms with Crippen LogP contribution in [0.2, 0.25) is 0 Å². The first kappa shape index (κ1) is 15.4. The van der Waals surface area contributed by atoms with E-state index in [1.165, 1.54) is 0 Å². The molecule has 2 rings (SSSR count). The van der Waals surface area contributed by atoms with Crippen LogP contribution in [0.5, 0.6) is 11.5 Å². The van der Waals surface area contributed by atoms with Crippen LogP contribution in [0.3, 0.4) is 0 Å². The third-order valence-electron chi connectivity index (χ3n) is 3.71. The van der Waals surface area contributed by atoms with Crippen LogP contribution in [-0.2, 0) is 0 Å². The summed E-state index contributed by atoms with van der Waals surface area (Å²) in [7, 11) is 3.18. The SMILES string of the molecule is CCN1CCN(C(=O)Nc2cc(OC)cc(OC)c2)CC1. The predicted molar refractivity (Wildman–Crippen MR) is 82.3 cm³/mol. The summed E-state index contributed by atoms with van der Waals surface area (Å²) in [6, 6.07) is 5.25. The van der Waals surface area contributed by atoms with Crippen LogP contribution in [-0.4, -0.2) is 62.8 Å². The number of hydrogen-bond donors (Lipinski definition) is 1. The molecule has 0 unspecified atom stereocenters. The van der Waals surface area contributed by atoms with Gasteiger partial charge in [-0.05, 0) is 6.54 Å². The number of nitrogens with one attached hydrogen (secondary N) is 1. The number of methoxy groups -OCH3 is 2. The van der Waals surface area contributed by atoms with Gasteiger partial charge in [-0.15, -0.1) is 0 Å². The summed E-state index contributed by atoms with van der Waals surface area (Å²) < 4.78 is 10.4. The van der Waals surface area contributed by atoms with Crippen molar-refractivity contribution < 1.29 is 14.3 Å². The van der Waals surface area contributed by atoms with Gasteiger partial charge in [0.2, 0.25) is 0 Å². The molecule has 0 aliphatic carbocycles. The van der Waals surface area contributed by atoms with Gasteiger partial charge in [-0.2, -0.15) is 0 Å². The third kappa shape index (κ3) is 4.01. The Kier molecular flexibility index (Phi) is 5.27. The number of benzene rings is 1. The van der Waals surface area contributed by atoms with Crippen molar-refractivity contribution in [1.29, 1.82) is 0 Å². The Balaban J connectivity index is 1.99. The molecule has 1 aliphatic heterocycles. The first-order chi connectivity index (χ1) is 10.2. The molecule has 6 heteroatoms.